The number of carboxylic acids is 1. The number of ether oxygens (including phenoxy) is 2. The van der Waals surface area contributed by atoms with Crippen LogP contribution in [0.15, 0.2) is 12.3 Å². The smallest absolute Gasteiger partial charge is 0.352 e. The zero-order valence-electron chi connectivity index (χ0n) is 9.60. The number of hydrogen-bond donors (Lipinski definition) is 1. The van der Waals surface area contributed by atoms with Crippen molar-refractivity contribution in [3.8, 4) is 0 Å². The maximum atomic E-state index is 11.0. The van der Waals surface area contributed by atoms with E-state index in [0.29, 0.717) is 32.1 Å². The predicted octanol–water partition coefficient (Wildman–Crippen LogP) is 1.16. The van der Waals surface area contributed by atoms with Crippen LogP contribution in [-0.2, 0) is 16.0 Å². The summed E-state index contributed by atoms with van der Waals surface area (Å²) in [4.78, 5) is 11.0. The van der Waals surface area contributed by atoms with Crippen LogP contribution < -0.4 is 0 Å². The third-order valence-corrected chi connectivity index (χ3v) is 2.28. The number of aromatic carboxylic acids is 1. The van der Waals surface area contributed by atoms with Gasteiger partial charge in [-0.05, 0) is 18.6 Å². The molecule has 0 aliphatic carbocycles. The van der Waals surface area contributed by atoms with Crippen molar-refractivity contribution < 1.29 is 19.4 Å². The third-order valence-electron chi connectivity index (χ3n) is 2.28. The molecule has 5 nitrogen and oxygen atoms in total. The highest BCUT2D eigenvalue weighted by Gasteiger charge is 2.12. The molecule has 0 bridgehead atoms. The van der Waals surface area contributed by atoms with E-state index >= 15 is 0 Å². The Balaban J connectivity index is 2.45. The van der Waals surface area contributed by atoms with Gasteiger partial charge in [0.1, 0.15) is 5.69 Å². The molecular weight excluding hydrogens is 210 g/mol. The van der Waals surface area contributed by atoms with Gasteiger partial charge < -0.3 is 19.1 Å². The minimum atomic E-state index is -0.903. The van der Waals surface area contributed by atoms with Gasteiger partial charge in [0.05, 0.1) is 19.8 Å². The average Bonchev–Trinajstić information content (AvgIpc) is 2.59. The van der Waals surface area contributed by atoms with Crippen LogP contribution in [0.3, 0.4) is 0 Å². The largest absolute Gasteiger partial charge is 0.477 e. The zero-order valence-corrected chi connectivity index (χ0v) is 9.60. The van der Waals surface area contributed by atoms with E-state index in [9.17, 15) is 4.79 Å². The Labute approximate surface area is 94.6 Å². The fourth-order valence-electron chi connectivity index (χ4n) is 1.47. The first-order valence-electron chi connectivity index (χ1n) is 5.12. The number of aryl methyl sites for hydroxylation is 1. The topological polar surface area (TPSA) is 60.7 Å². The Morgan fingerprint density at radius 3 is 2.81 bits per heavy atom. The molecule has 0 unspecified atom stereocenters. The van der Waals surface area contributed by atoms with Gasteiger partial charge in [-0.1, -0.05) is 0 Å². The van der Waals surface area contributed by atoms with Crippen molar-refractivity contribution in [1.29, 1.82) is 0 Å². The molecule has 1 rings (SSSR count). The van der Waals surface area contributed by atoms with Crippen LogP contribution >= 0.6 is 0 Å². The molecular formula is C11H17NO4. The number of methoxy groups -OCH3 is 1. The number of carboxylic acid groups (broad SMARTS) is 1. The Bertz CT molecular complexity index is 346. The number of aromatic nitrogens is 1. The molecule has 0 aromatic carbocycles. The standard InChI is InChI=1S/C11H17NO4/c1-9-3-4-12(10(9)11(13)14)5-6-16-8-7-15-2/h3-4H,5-8H2,1-2H3,(H,13,14). The second-order valence-electron chi connectivity index (χ2n) is 3.45. The van der Waals surface area contributed by atoms with E-state index in [-0.39, 0.29) is 0 Å². The van der Waals surface area contributed by atoms with Gasteiger partial charge in [0.15, 0.2) is 0 Å². The Hall–Kier alpha value is -1.33. The van der Waals surface area contributed by atoms with Crippen molar-refractivity contribution in [2.75, 3.05) is 26.9 Å². The Morgan fingerprint density at radius 1 is 1.44 bits per heavy atom. The van der Waals surface area contributed by atoms with Crippen molar-refractivity contribution in [1.82, 2.24) is 4.57 Å². The Morgan fingerprint density at radius 2 is 2.19 bits per heavy atom. The van der Waals surface area contributed by atoms with E-state index in [1.54, 1.807) is 30.9 Å². The fourth-order valence-corrected chi connectivity index (χ4v) is 1.47. The molecule has 0 atom stereocenters. The fraction of sp³-hybridized carbons (Fsp3) is 0.545. The van der Waals surface area contributed by atoms with Crippen molar-refractivity contribution in [2.24, 2.45) is 0 Å². The highest BCUT2D eigenvalue weighted by molar-refractivity contribution is 5.87. The van der Waals surface area contributed by atoms with E-state index in [4.69, 9.17) is 14.6 Å². The van der Waals surface area contributed by atoms with Crippen LogP contribution in [0.1, 0.15) is 16.1 Å². The molecule has 5 heteroatoms. The molecule has 0 spiro atoms. The number of carbonyl (C=O) groups is 1. The second-order valence-corrected chi connectivity index (χ2v) is 3.45. The maximum absolute atomic E-state index is 11.0. The van der Waals surface area contributed by atoms with E-state index in [1.807, 2.05) is 0 Å². The number of rotatable bonds is 7. The maximum Gasteiger partial charge on any atom is 0.352 e. The van der Waals surface area contributed by atoms with Crippen LogP contribution in [0, 0.1) is 6.92 Å². The molecule has 0 aliphatic heterocycles. The van der Waals surface area contributed by atoms with Crippen molar-refractivity contribution in [3.05, 3.63) is 23.5 Å². The lowest BCUT2D eigenvalue weighted by molar-refractivity contribution is 0.0628. The summed E-state index contributed by atoms with van der Waals surface area (Å²) in [6.45, 7) is 3.89. The first-order chi connectivity index (χ1) is 7.66. The highest BCUT2D eigenvalue weighted by atomic mass is 16.5. The van der Waals surface area contributed by atoms with Gasteiger partial charge in [0.25, 0.3) is 0 Å². The summed E-state index contributed by atoms with van der Waals surface area (Å²) in [5, 5.41) is 8.99. The van der Waals surface area contributed by atoms with E-state index in [1.165, 1.54) is 0 Å². The molecule has 0 aliphatic rings. The quantitative estimate of drug-likeness (QED) is 0.710. The van der Waals surface area contributed by atoms with Gasteiger partial charge in [-0.25, -0.2) is 4.79 Å². The molecule has 90 valence electrons. The molecule has 0 amide bonds. The molecule has 1 N–H and O–H groups in total. The summed E-state index contributed by atoms with van der Waals surface area (Å²) in [5.74, 6) is -0.903. The summed E-state index contributed by atoms with van der Waals surface area (Å²) < 4.78 is 11.8. The second kappa shape index (κ2) is 6.30. The Kier molecular flexibility index (Phi) is 5.01. The molecule has 0 saturated heterocycles. The van der Waals surface area contributed by atoms with Crippen molar-refractivity contribution >= 4 is 5.97 Å². The lowest BCUT2D eigenvalue weighted by Gasteiger charge is -2.07. The van der Waals surface area contributed by atoms with Gasteiger partial charge >= 0.3 is 5.97 Å². The molecule has 1 heterocycles. The lowest BCUT2D eigenvalue weighted by atomic mass is 10.3. The van der Waals surface area contributed by atoms with Gasteiger partial charge in [-0.3, -0.25) is 0 Å². The van der Waals surface area contributed by atoms with Gasteiger partial charge in [-0.2, -0.15) is 0 Å². The minimum Gasteiger partial charge on any atom is -0.477 e. The van der Waals surface area contributed by atoms with Crippen molar-refractivity contribution in [2.45, 2.75) is 13.5 Å². The predicted molar refractivity (Wildman–Crippen MR) is 58.8 cm³/mol. The molecule has 1 aromatic heterocycles. The summed E-state index contributed by atoms with van der Waals surface area (Å²) >= 11 is 0. The number of nitrogens with zero attached hydrogens (tertiary/aromatic N) is 1. The lowest BCUT2D eigenvalue weighted by Crippen LogP contribution is -2.14. The summed E-state index contributed by atoms with van der Waals surface area (Å²) in [5.41, 5.74) is 1.10. The monoisotopic (exact) mass is 227 g/mol. The van der Waals surface area contributed by atoms with Gasteiger partial charge in [0, 0.05) is 19.9 Å². The van der Waals surface area contributed by atoms with Gasteiger partial charge in [0.2, 0.25) is 0 Å². The van der Waals surface area contributed by atoms with Crippen LogP contribution in [0.2, 0.25) is 0 Å². The van der Waals surface area contributed by atoms with Gasteiger partial charge in [-0.15, -0.1) is 0 Å². The summed E-state index contributed by atoms with van der Waals surface area (Å²) in [6.07, 6.45) is 1.76. The first-order valence-corrected chi connectivity index (χ1v) is 5.12. The van der Waals surface area contributed by atoms with Crippen LogP contribution in [0.4, 0.5) is 0 Å². The minimum absolute atomic E-state index is 0.329. The van der Waals surface area contributed by atoms with E-state index in [2.05, 4.69) is 0 Å². The van der Waals surface area contributed by atoms with Crippen LogP contribution in [0.25, 0.3) is 0 Å². The normalized spacial score (nSPS) is 10.6. The van der Waals surface area contributed by atoms with E-state index in [0.717, 1.165) is 5.56 Å². The summed E-state index contributed by atoms with van der Waals surface area (Å²) in [7, 11) is 1.61. The average molecular weight is 227 g/mol. The highest BCUT2D eigenvalue weighted by Crippen LogP contribution is 2.09. The molecule has 0 saturated carbocycles. The first kappa shape index (κ1) is 12.7. The van der Waals surface area contributed by atoms with Crippen LogP contribution in [0.5, 0.6) is 0 Å². The molecule has 1 aromatic rings. The SMILES string of the molecule is COCCOCCn1ccc(C)c1C(=O)O. The molecule has 16 heavy (non-hydrogen) atoms. The zero-order chi connectivity index (χ0) is 12.0. The third kappa shape index (κ3) is 3.36. The molecule has 0 fully saturated rings. The van der Waals surface area contributed by atoms with Crippen molar-refractivity contribution in [3.63, 3.8) is 0 Å². The molecule has 0 radical (unpaired) electrons. The van der Waals surface area contributed by atoms with Crippen LogP contribution in [-0.4, -0.2) is 42.6 Å². The summed E-state index contributed by atoms with van der Waals surface area (Å²) in [6, 6.07) is 1.79. The van der Waals surface area contributed by atoms with E-state index < -0.39 is 5.97 Å². The number of hydrogen-bond acceptors (Lipinski definition) is 3.